The topological polar surface area (TPSA) is 75.7 Å². The first-order chi connectivity index (χ1) is 12.6. The molecule has 1 aliphatic rings. The van der Waals surface area contributed by atoms with Gasteiger partial charge in [-0.3, -0.25) is 9.59 Å². The van der Waals surface area contributed by atoms with Crippen molar-refractivity contribution < 1.29 is 19.1 Å². The number of alkyl carbamates (subject to hydrolysis) is 1. The fourth-order valence-corrected chi connectivity index (χ4v) is 3.71. The quantitative estimate of drug-likeness (QED) is 0.593. The molecule has 0 radical (unpaired) electrons. The number of carbonyl (C=O) groups is 3. The summed E-state index contributed by atoms with van der Waals surface area (Å²) in [5.41, 5.74) is -0.592. The Balaban J connectivity index is 2.45. The molecule has 0 aromatic rings. The van der Waals surface area contributed by atoms with Crippen molar-refractivity contribution in [2.75, 3.05) is 18.8 Å². The third-order valence-electron chi connectivity index (χ3n) is 4.26. The molecule has 0 aliphatic carbocycles. The Morgan fingerprint density at radius 3 is 2.26 bits per heavy atom. The largest absolute Gasteiger partial charge is 0.444 e. The number of amides is 2. The van der Waals surface area contributed by atoms with Gasteiger partial charge in [0.15, 0.2) is 5.12 Å². The molecule has 7 heteroatoms. The number of unbranched alkanes of at least 4 members (excludes halogenated alkanes) is 2. The van der Waals surface area contributed by atoms with E-state index in [-0.39, 0.29) is 16.9 Å². The minimum Gasteiger partial charge on any atom is -0.444 e. The minimum absolute atomic E-state index is 0.0114. The molecule has 0 saturated carbocycles. The summed E-state index contributed by atoms with van der Waals surface area (Å²) < 4.78 is 5.31. The van der Waals surface area contributed by atoms with Gasteiger partial charge in [0.05, 0.1) is 0 Å². The van der Waals surface area contributed by atoms with E-state index in [0.29, 0.717) is 6.42 Å². The van der Waals surface area contributed by atoms with E-state index < -0.39 is 17.7 Å². The second kappa shape index (κ2) is 11.6. The number of nitrogens with one attached hydrogen (secondary N) is 1. The van der Waals surface area contributed by atoms with Gasteiger partial charge >= 0.3 is 6.09 Å². The lowest BCUT2D eigenvalue weighted by Crippen LogP contribution is -2.49. The molecule has 0 spiro atoms. The first-order valence-electron chi connectivity index (χ1n) is 10.0. The van der Waals surface area contributed by atoms with E-state index in [1.807, 2.05) is 18.7 Å². The van der Waals surface area contributed by atoms with E-state index in [1.54, 1.807) is 20.8 Å². The normalized spacial score (nSPS) is 15.7. The number of carbonyl (C=O) groups excluding carboxylic acids is 3. The standard InChI is InChI=1S/C20H36N2O4S/c1-15(2)18(24)27-14-10-6-7-11-16(17(23)22-12-8-9-13-22)21-19(25)26-20(3,4)5/h15-16H,6-14H2,1-5H3,(H,21,25)/t16-/m0/s1. The van der Waals surface area contributed by atoms with Crippen LogP contribution in [0.4, 0.5) is 4.79 Å². The smallest absolute Gasteiger partial charge is 0.408 e. The molecule has 1 atom stereocenters. The Labute approximate surface area is 168 Å². The Morgan fingerprint density at radius 1 is 1.07 bits per heavy atom. The van der Waals surface area contributed by atoms with Gasteiger partial charge in [0.2, 0.25) is 5.91 Å². The van der Waals surface area contributed by atoms with Crippen LogP contribution in [-0.2, 0) is 14.3 Å². The molecule has 6 nitrogen and oxygen atoms in total. The number of ether oxygens (including phenoxy) is 1. The van der Waals surface area contributed by atoms with Gasteiger partial charge in [-0.2, -0.15) is 0 Å². The van der Waals surface area contributed by atoms with E-state index in [1.165, 1.54) is 11.8 Å². The monoisotopic (exact) mass is 400 g/mol. The first kappa shape index (κ1) is 23.8. The number of hydrogen-bond acceptors (Lipinski definition) is 5. The highest BCUT2D eigenvalue weighted by Crippen LogP contribution is 2.16. The van der Waals surface area contributed by atoms with Crippen molar-refractivity contribution in [3.05, 3.63) is 0 Å². The van der Waals surface area contributed by atoms with Crippen LogP contribution in [0.15, 0.2) is 0 Å². The third-order valence-corrected chi connectivity index (χ3v) is 5.51. The molecular weight excluding hydrogens is 364 g/mol. The summed E-state index contributed by atoms with van der Waals surface area (Å²) in [6.07, 6.45) is 4.78. The van der Waals surface area contributed by atoms with Crippen LogP contribution >= 0.6 is 11.8 Å². The maximum Gasteiger partial charge on any atom is 0.408 e. The van der Waals surface area contributed by atoms with Crippen molar-refractivity contribution in [2.45, 2.75) is 84.8 Å². The molecule has 2 amide bonds. The van der Waals surface area contributed by atoms with Gasteiger partial charge in [-0.05, 0) is 46.5 Å². The van der Waals surface area contributed by atoms with Crippen LogP contribution in [0.25, 0.3) is 0 Å². The summed E-state index contributed by atoms with van der Waals surface area (Å²) in [4.78, 5) is 38.3. The molecule has 0 aromatic heterocycles. The molecule has 1 rings (SSSR count). The molecule has 1 saturated heterocycles. The molecule has 0 bridgehead atoms. The molecule has 0 aromatic carbocycles. The van der Waals surface area contributed by atoms with Crippen LogP contribution in [0.2, 0.25) is 0 Å². The van der Waals surface area contributed by atoms with Crippen molar-refractivity contribution in [1.29, 1.82) is 0 Å². The van der Waals surface area contributed by atoms with Crippen LogP contribution < -0.4 is 5.32 Å². The minimum atomic E-state index is -0.592. The Hall–Kier alpha value is -1.24. The SMILES string of the molecule is CC(C)C(=O)SCCCCC[C@H](NC(=O)OC(C)(C)C)C(=O)N1CCCC1. The van der Waals surface area contributed by atoms with Crippen LogP contribution in [0, 0.1) is 5.92 Å². The van der Waals surface area contributed by atoms with Gasteiger partial charge in [0, 0.05) is 24.8 Å². The average molecular weight is 401 g/mol. The highest BCUT2D eigenvalue weighted by molar-refractivity contribution is 8.13. The Kier molecular flexibility index (Phi) is 10.2. The van der Waals surface area contributed by atoms with Crippen molar-refractivity contribution in [3.63, 3.8) is 0 Å². The summed E-state index contributed by atoms with van der Waals surface area (Å²) in [7, 11) is 0. The summed E-state index contributed by atoms with van der Waals surface area (Å²) in [6.45, 7) is 10.8. The summed E-state index contributed by atoms with van der Waals surface area (Å²) in [6, 6.07) is -0.539. The van der Waals surface area contributed by atoms with Gasteiger partial charge in [0.1, 0.15) is 11.6 Å². The van der Waals surface area contributed by atoms with Gasteiger partial charge in [0.25, 0.3) is 0 Å². The third kappa shape index (κ3) is 10.0. The van der Waals surface area contributed by atoms with Gasteiger partial charge in [-0.1, -0.05) is 38.5 Å². The number of nitrogens with zero attached hydrogens (tertiary/aromatic N) is 1. The Bertz CT molecular complexity index is 497. The highest BCUT2D eigenvalue weighted by atomic mass is 32.2. The number of hydrogen-bond donors (Lipinski definition) is 1. The van der Waals surface area contributed by atoms with Crippen molar-refractivity contribution in [3.8, 4) is 0 Å². The molecule has 1 fully saturated rings. The van der Waals surface area contributed by atoms with Crippen LogP contribution in [0.3, 0.4) is 0 Å². The predicted octanol–water partition coefficient (Wildman–Crippen LogP) is 3.98. The first-order valence-corrected chi connectivity index (χ1v) is 11.0. The number of rotatable bonds is 9. The maximum atomic E-state index is 12.7. The highest BCUT2D eigenvalue weighted by Gasteiger charge is 2.29. The summed E-state index contributed by atoms with van der Waals surface area (Å²) in [5.74, 6) is 0.861. The fraction of sp³-hybridized carbons (Fsp3) is 0.850. The second-order valence-electron chi connectivity index (χ2n) is 8.40. The van der Waals surface area contributed by atoms with E-state index in [2.05, 4.69) is 5.32 Å². The summed E-state index contributed by atoms with van der Waals surface area (Å²) >= 11 is 1.38. The van der Waals surface area contributed by atoms with Crippen LogP contribution in [-0.4, -0.2) is 52.5 Å². The molecule has 0 unspecified atom stereocenters. The molecular formula is C20H36N2O4S. The van der Waals surface area contributed by atoms with E-state index >= 15 is 0 Å². The zero-order chi connectivity index (χ0) is 20.4. The lowest BCUT2D eigenvalue weighted by atomic mass is 10.1. The van der Waals surface area contributed by atoms with E-state index in [9.17, 15) is 14.4 Å². The fourth-order valence-electron chi connectivity index (χ4n) is 2.83. The lowest BCUT2D eigenvalue weighted by molar-refractivity contribution is -0.132. The zero-order valence-corrected chi connectivity index (χ0v) is 18.3. The molecule has 1 N–H and O–H groups in total. The van der Waals surface area contributed by atoms with E-state index in [4.69, 9.17) is 4.74 Å². The molecule has 156 valence electrons. The van der Waals surface area contributed by atoms with Gasteiger partial charge in [-0.25, -0.2) is 4.79 Å². The number of thioether (sulfide) groups is 1. The van der Waals surface area contributed by atoms with Crippen molar-refractivity contribution in [2.24, 2.45) is 5.92 Å². The molecule has 27 heavy (non-hydrogen) atoms. The lowest BCUT2D eigenvalue weighted by Gasteiger charge is -2.26. The van der Waals surface area contributed by atoms with Gasteiger partial charge < -0.3 is 15.0 Å². The molecule has 1 aliphatic heterocycles. The predicted molar refractivity (Wildman–Crippen MR) is 110 cm³/mol. The molecule has 1 heterocycles. The zero-order valence-electron chi connectivity index (χ0n) is 17.5. The average Bonchev–Trinajstić information content (AvgIpc) is 3.08. The van der Waals surface area contributed by atoms with E-state index in [0.717, 1.165) is 50.9 Å². The summed E-state index contributed by atoms with van der Waals surface area (Å²) in [5, 5.41) is 2.99. The van der Waals surface area contributed by atoms with Crippen LogP contribution in [0.5, 0.6) is 0 Å². The number of likely N-dealkylation sites (tertiary alicyclic amines) is 1. The second-order valence-corrected chi connectivity index (χ2v) is 9.50. The van der Waals surface area contributed by atoms with Gasteiger partial charge in [-0.15, -0.1) is 0 Å². The van der Waals surface area contributed by atoms with Crippen molar-refractivity contribution in [1.82, 2.24) is 10.2 Å². The Morgan fingerprint density at radius 2 is 1.70 bits per heavy atom. The van der Waals surface area contributed by atoms with Crippen LogP contribution in [0.1, 0.15) is 73.1 Å². The maximum absolute atomic E-state index is 12.7. The van der Waals surface area contributed by atoms with Crippen molar-refractivity contribution >= 4 is 28.9 Å².